The van der Waals surface area contributed by atoms with Crippen LogP contribution in [0, 0.1) is 17.5 Å². The molecule has 0 amide bonds. The first kappa shape index (κ1) is 18.1. The van der Waals surface area contributed by atoms with Gasteiger partial charge in [-0.3, -0.25) is 4.98 Å². The average molecular weight is 371 g/mol. The SMILES string of the molecule is CC1=NN=CC(c2c(F)cc(F)cc2F)C1c1ccc(C(F)(F)F)nc1. The van der Waals surface area contributed by atoms with Crippen molar-refractivity contribution in [2.75, 3.05) is 0 Å². The molecule has 0 saturated heterocycles. The molecule has 1 aromatic carbocycles. The highest BCUT2D eigenvalue weighted by Crippen LogP contribution is 2.38. The van der Waals surface area contributed by atoms with E-state index in [4.69, 9.17) is 0 Å². The number of pyridine rings is 1. The van der Waals surface area contributed by atoms with Gasteiger partial charge in [-0.05, 0) is 18.6 Å². The van der Waals surface area contributed by atoms with Crippen LogP contribution in [0.15, 0.2) is 40.7 Å². The second-order valence-electron chi connectivity index (χ2n) is 5.77. The highest BCUT2D eigenvalue weighted by Gasteiger charge is 2.35. The molecule has 1 aliphatic heterocycles. The molecule has 3 rings (SSSR count). The molecule has 0 radical (unpaired) electrons. The molecule has 0 saturated carbocycles. The lowest BCUT2D eigenvalue weighted by atomic mass is 9.79. The van der Waals surface area contributed by atoms with Gasteiger partial charge >= 0.3 is 6.18 Å². The standard InChI is InChI=1S/C17H11F6N3/c1-8-15(9-2-3-14(24-6-9)17(21,22)23)11(7-25-26-8)16-12(19)4-10(18)5-13(16)20/h2-7,11,15H,1H3. The van der Waals surface area contributed by atoms with Crippen LogP contribution in [0.25, 0.3) is 0 Å². The molecular formula is C17H11F6N3. The fraction of sp³-hybridized carbons (Fsp3) is 0.235. The van der Waals surface area contributed by atoms with Crippen molar-refractivity contribution in [3.8, 4) is 0 Å². The number of aromatic nitrogens is 1. The quantitative estimate of drug-likeness (QED) is 0.696. The van der Waals surface area contributed by atoms with Crippen LogP contribution < -0.4 is 0 Å². The van der Waals surface area contributed by atoms with E-state index in [1.165, 1.54) is 19.2 Å². The zero-order valence-corrected chi connectivity index (χ0v) is 13.2. The molecule has 2 unspecified atom stereocenters. The van der Waals surface area contributed by atoms with Gasteiger partial charge in [-0.2, -0.15) is 23.4 Å². The summed E-state index contributed by atoms with van der Waals surface area (Å²) in [5, 5.41) is 7.52. The zero-order chi connectivity index (χ0) is 19.1. The van der Waals surface area contributed by atoms with Crippen molar-refractivity contribution in [2.24, 2.45) is 10.2 Å². The maximum atomic E-state index is 14.2. The Balaban J connectivity index is 2.07. The molecule has 0 N–H and O–H groups in total. The van der Waals surface area contributed by atoms with Crippen molar-refractivity contribution >= 4 is 11.9 Å². The number of hydrogen-bond donors (Lipinski definition) is 0. The Hall–Kier alpha value is -2.71. The van der Waals surface area contributed by atoms with Crippen molar-refractivity contribution in [3.63, 3.8) is 0 Å². The van der Waals surface area contributed by atoms with Crippen molar-refractivity contribution in [3.05, 3.63) is 64.7 Å². The molecule has 1 aliphatic rings. The largest absolute Gasteiger partial charge is 0.433 e. The van der Waals surface area contributed by atoms with Gasteiger partial charge in [0, 0.05) is 47.7 Å². The van der Waals surface area contributed by atoms with E-state index in [-0.39, 0.29) is 5.56 Å². The third kappa shape index (κ3) is 3.33. The van der Waals surface area contributed by atoms with E-state index in [0.717, 1.165) is 12.3 Å². The van der Waals surface area contributed by atoms with Gasteiger partial charge in [0.15, 0.2) is 0 Å². The van der Waals surface area contributed by atoms with Crippen LogP contribution in [0.5, 0.6) is 0 Å². The van der Waals surface area contributed by atoms with Gasteiger partial charge in [0.05, 0.1) is 0 Å². The molecule has 0 bridgehead atoms. The number of benzene rings is 1. The monoisotopic (exact) mass is 371 g/mol. The second kappa shape index (κ2) is 6.54. The minimum absolute atomic E-state index is 0.276. The van der Waals surface area contributed by atoms with Gasteiger partial charge in [0.2, 0.25) is 0 Å². The molecule has 3 nitrogen and oxygen atoms in total. The molecule has 0 spiro atoms. The molecule has 1 aromatic heterocycles. The molecule has 2 heterocycles. The Morgan fingerprint density at radius 3 is 2.19 bits per heavy atom. The fourth-order valence-corrected chi connectivity index (χ4v) is 2.92. The average Bonchev–Trinajstić information content (AvgIpc) is 2.53. The van der Waals surface area contributed by atoms with E-state index in [1.807, 2.05) is 0 Å². The first-order valence-corrected chi connectivity index (χ1v) is 7.43. The molecule has 26 heavy (non-hydrogen) atoms. The van der Waals surface area contributed by atoms with E-state index < -0.39 is 46.7 Å². The Morgan fingerprint density at radius 2 is 1.65 bits per heavy atom. The third-order valence-electron chi connectivity index (χ3n) is 4.07. The summed E-state index contributed by atoms with van der Waals surface area (Å²) in [5.41, 5.74) is -0.911. The highest BCUT2D eigenvalue weighted by molar-refractivity contribution is 5.95. The number of nitrogens with zero attached hydrogens (tertiary/aromatic N) is 3. The summed E-state index contributed by atoms with van der Waals surface area (Å²) in [7, 11) is 0. The zero-order valence-electron chi connectivity index (χ0n) is 13.2. The summed E-state index contributed by atoms with van der Waals surface area (Å²) < 4.78 is 79.6. The van der Waals surface area contributed by atoms with Gasteiger partial charge in [-0.15, -0.1) is 0 Å². The molecule has 9 heteroatoms. The lowest BCUT2D eigenvalue weighted by molar-refractivity contribution is -0.141. The summed E-state index contributed by atoms with van der Waals surface area (Å²) >= 11 is 0. The third-order valence-corrected chi connectivity index (χ3v) is 4.07. The lowest BCUT2D eigenvalue weighted by Crippen LogP contribution is -2.24. The molecular weight excluding hydrogens is 360 g/mol. The van der Waals surface area contributed by atoms with Gasteiger partial charge in [0.25, 0.3) is 0 Å². The van der Waals surface area contributed by atoms with Crippen molar-refractivity contribution in [1.82, 2.24) is 4.98 Å². The van der Waals surface area contributed by atoms with Crippen LogP contribution in [-0.2, 0) is 6.18 Å². The summed E-state index contributed by atoms with van der Waals surface area (Å²) in [6.07, 6.45) is -2.45. The molecule has 0 aliphatic carbocycles. The van der Waals surface area contributed by atoms with E-state index in [1.54, 1.807) is 0 Å². The van der Waals surface area contributed by atoms with Crippen LogP contribution in [0.1, 0.15) is 35.6 Å². The Kier molecular flexibility index (Phi) is 4.55. The predicted molar refractivity (Wildman–Crippen MR) is 82.6 cm³/mol. The Morgan fingerprint density at radius 1 is 1.00 bits per heavy atom. The van der Waals surface area contributed by atoms with Crippen LogP contribution in [0.3, 0.4) is 0 Å². The Labute approximate surface area is 144 Å². The number of hydrogen-bond acceptors (Lipinski definition) is 3. The number of alkyl halides is 3. The van der Waals surface area contributed by atoms with Crippen LogP contribution in [0.2, 0.25) is 0 Å². The van der Waals surface area contributed by atoms with E-state index in [0.29, 0.717) is 17.8 Å². The minimum atomic E-state index is -4.61. The van der Waals surface area contributed by atoms with E-state index >= 15 is 0 Å². The molecule has 2 atom stereocenters. The topological polar surface area (TPSA) is 37.6 Å². The Bertz CT molecular complexity index is 863. The summed E-state index contributed by atoms with van der Waals surface area (Å²) in [5.74, 6) is -5.10. The maximum absolute atomic E-state index is 14.2. The maximum Gasteiger partial charge on any atom is 0.433 e. The van der Waals surface area contributed by atoms with Crippen molar-refractivity contribution in [2.45, 2.75) is 24.9 Å². The van der Waals surface area contributed by atoms with Crippen LogP contribution in [0.4, 0.5) is 26.3 Å². The number of halogens is 6. The first-order valence-electron chi connectivity index (χ1n) is 7.43. The predicted octanol–water partition coefficient (Wildman–Crippen LogP) is 4.85. The first-order chi connectivity index (χ1) is 12.2. The van der Waals surface area contributed by atoms with Crippen LogP contribution >= 0.6 is 0 Å². The molecule has 0 fully saturated rings. The van der Waals surface area contributed by atoms with Gasteiger partial charge in [-0.25, -0.2) is 13.2 Å². The van der Waals surface area contributed by atoms with Gasteiger partial charge < -0.3 is 0 Å². The number of rotatable bonds is 2. The summed E-state index contributed by atoms with van der Waals surface area (Å²) in [4.78, 5) is 3.37. The summed E-state index contributed by atoms with van der Waals surface area (Å²) in [6.45, 7) is 1.53. The van der Waals surface area contributed by atoms with Gasteiger partial charge in [0.1, 0.15) is 23.1 Å². The van der Waals surface area contributed by atoms with E-state index in [2.05, 4.69) is 15.2 Å². The van der Waals surface area contributed by atoms with Gasteiger partial charge in [-0.1, -0.05) is 6.07 Å². The van der Waals surface area contributed by atoms with Crippen LogP contribution in [-0.4, -0.2) is 16.9 Å². The fourth-order valence-electron chi connectivity index (χ4n) is 2.92. The van der Waals surface area contributed by atoms with Crippen molar-refractivity contribution in [1.29, 1.82) is 0 Å². The highest BCUT2D eigenvalue weighted by atomic mass is 19.4. The van der Waals surface area contributed by atoms with E-state index in [9.17, 15) is 26.3 Å². The minimum Gasteiger partial charge on any atom is -0.251 e. The lowest BCUT2D eigenvalue weighted by Gasteiger charge is -2.27. The molecule has 136 valence electrons. The smallest absolute Gasteiger partial charge is 0.251 e. The summed E-state index contributed by atoms with van der Waals surface area (Å²) in [6, 6.07) is 3.03. The normalized spacial score (nSPS) is 20.2. The van der Waals surface area contributed by atoms with Crippen molar-refractivity contribution < 1.29 is 26.3 Å². The second-order valence-corrected chi connectivity index (χ2v) is 5.77. The molecule has 2 aromatic rings.